The number of carbonyl (C=O) groups is 1. The molecule has 0 aliphatic heterocycles. The van der Waals surface area contributed by atoms with Gasteiger partial charge in [-0.25, -0.2) is 8.42 Å². The third-order valence-corrected chi connectivity index (χ3v) is 6.19. The summed E-state index contributed by atoms with van der Waals surface area (Å²) in [6.07, 6.45) is 1.61. The number of nitrogens with two attached hydrogens (primary N) is 1. The maximum atomic E-state index is 12.2. The Bertz CT molecular complexity index is 1140. The maximum absolute atomic E-state index is 12.2. The van der Waals surface area contributed by atoms with E-state index in [1.165, 1.54) is 7.11 Å². The summed E-state index contributed by atoms with van der Waals surface area (Å²) in [5.74, 6) is 5.91. The van der Waals surface area contributed by atoms with Gasteiger partial charge < -0.3 is 15.2 Å². The summed E-state index contributed by atoms with van der Waals surface area (Å²) in [5.41, 5.74) is 5.89. The Hall–Kier alpha value is -2.73. The second-order valence-corrected chi connectivity index (χ2v) is 10.1. The molecular formula is C24H29ClN2O5S. The van der Waals surface area contributed by atoms with Crippen molar-refractivity contribution in [2.75, 3.05) is 20.0 Å². The maximum Gasteiger partial charge on any atom is 0.238 e. The highest BCUT2D eigenvalue weighted by molar-refractivity contribution is 7.88. The lowest BCUT2D eigenvalue weighted by Gasteiger charge is -2.34. The smallest absolute Gasteiger partial charge is 0.238 e. The van der Waals surface area contributed by atoms with E-state index in [0.717, 1.165) is 17.4 Å². The fourth-order valence-corrected chi connectivity index (χ4v) is 4.59. The van der Waals surface area contributed by atoms with Crippen LogP contribution in [0.2, 0.25) is 5.02 Å². The first-order valence-corrected chi connectivity index (χ1v) is 12.6. The second-order valence-electron chi connectivity index (χ2n) is 7.95. The molecule has 7 nitrogen and oxygen atoms in total. The fraction of sp³-hybridized carbons (Fsp3) is 0.375. The number of sulfonamides is 1. The van der Waals surface area contributed by atoms with E-state index in [0.29, 0.717) is 22.9 Å². The summed E-state index contributed by atoms with van der Waals surface area (Å²) in [6.45, 7) is 3.67. The Labute approximate surface area is 200 Å². The number of hydrogen-bond acceptors (Lipinski definition) is 5. The van der Waals surface area contributed by atoms with Gasteiger partial charge in [0.25, 0.3) is 0 Å². The lowest BCUT2D eigenvalue weighted by atomic mass is 9.81. The van der Waals surface area contributed by atoms with Crippen molar-refractivity contribution in [1.29, 1.82) is 0 Å². The molecular weight excluding hydrogens is 464 g/mol. The molecule has 0 aromatic heterocycles. The number of amides is 1. The van der Waals surface area contributed by atoms with Gasteiger partial charge in [0.05, 0.1) is 13.4 Å². The number of nitrogens with one attached hydrogen (secondary N) is 1. The molecule has 0 radical (unpaired) electrons. The minimum atomic E-state index is -3.65. The van der Waals surface area contributed by atoms with Crippen molar-refractivity contribution < 1.29 is 22.7 Å². The minimum absolute atomic E-state index is 0.161. The van der Waals surface area contributed by atoms with E-state index in [1.807, 2.05) is 18.2 Å². The summed E-state index contributed by atoms with van der Waals surface area (Å²) >= 11 is 5.87. The van der Waals surface area contributed by atoms with E-state index in [4.69, 9.17) is 26.8 Å². The van der Waals surface area contributed by atoms with Crippen molar-refractivity contribution in [1.82, 2.24) is 4.72 Å². The molecule has 1 atom stereocenters. The number of carbonyl (C=O) groups excluding carboxylic acids is 1. The largest absolute Gasteiger partial charge is 0.493 e. The van der Waals surface area contributed by atoms with Crippen LogP contribution in [-0.2, 0) is 21.2 Å². The van der Waals surface area contributed by atoms with E-state index in [2.05, 4.69) is 16.6 Å². The summed E-state index contributed by atoms with van der Waals surface area (Å²) in [6, 6.07) is 12.6. The van der Waals surface area contributed by atoms with Crippen LogP contribution < -0.4 is 19.9 Å². The average molecular weight is 493 g/mol. The number of primary amides is 1. The summed E-state index contributed by atoms with van der Waals surface area (Å²) in [4.78, 5) is 12.2. The van der Waals surface area contributed by atoms with Gasteiger partial charge in [-0.15, -0.1) is 0 Å². The van der Waals surface area contributed by atoms with Gasteiger partial charge in [0.15, 0.2) is 11.5 Å². The molecule has 0 fully saturated rings. The zero-order valence-electron chi connectivity index (χ0n) is 19.1. The molecule has 0 heterocycles. The van der Waals surface area contributed by atoms with Gasteiger partial charge in [-0.05, 0) is 60.7 Å². The molecule has 1 amide bonds. The predicted molar refractivity (Wildman–Crippen MR) is 130 cm³/mol. The highest BCUT2D eigenvalue weighted by Gasteiger charge is 2.42. The standard InChI is InChI=1S/C24H29ClN2O5S/c1-17(2)24(23(26)28,27-33(4,29)30)14-13-19-9-12-21(22(16-19)31-3)32-15-5-6-18-7-10-20(25)11-8-18/h7-12,16-17,27H,13-15H2,1-4H3,(H2,26,28). The Morgan fingerprint density at radius 3 is 2.39 bits per heavy atom. The number of benzene rings is 2. The lowest BCUT2D eigenvalue weighted by molar-refractivity contribution is -0.125. The van der Waals surface area contributed by atoms with Gasteiger partial charge in [0.2, 0.25) is 15.9 Å². The molecule has 2 aromatic carbocycles. The normalized spacial score (nSPS) is 13.0. The van der Waals surface area contributed by atoms with Gasteiger partial charge in [0, 0.05) is 10.6 Å². The minimum Gasteiger partial charge on any atom is -0.493 e. The highest BCUT2D eigenvalue weighted by atomic mass is 35.5. The van der Waals surface area contributed by atoms with E-state index >= 15 is 0 Å². The van der Waals surface area contributed by atoms with Gasteiger partial charge in [0.1, 0.15) is 12.1 Å². The Kier molecular flexibility index (Phi) is 9.17. The molecule has 3 N–H and O–H groups in total. The molecule has 9 heteroatoms. The van der Waals surface area contributed by atoms with Crippen LogP contribution in [0, 0.1) is 17.8 Å². The van der Waals surface area contributed by atoms with E-state index in [-0.39, 0.29) is 18.9 Å². The van der Waals surface area contributed by atoms with Gasteiger partial charge >= 0.3 is 0 Å². The van der Waals surface area contributed by atoms with Crippen molar-refractivity contribution in [3.8, 4) is 23.3 Å². The predicted octanol–water partition coefficient (Wildman–Crippen LogP) is 3.14. The van der Waals surface area contributed by atoms with Gasteiger partial charge in [-0.3, -0.25) is 4.79 Å². The Morgan fingerprint density at radius 2 is 1.85 bits per heavy atom. The van der Waals surface area contributed by atoms with E-state index in [1.54, 1.807) is 38.1 Å². The fourth-order valence-electron chi connectivity index (χ4n) is 3.36. The zero-order chi connectivity index (χ0) is 24.6. The Morgan fingerprint density at radius 1 is 1.18 bits per heavy atom. The number of aryl methyl sites for hydroxylation is 1. The van der Waals surface area contributed by atoms with Crippen LogP contribution in [0.5, 0.6) is 11.5 Å². The van der Waals surface area contributed by atoms with Crippen LogP contribution in [0.15, 0.2) is 42.5 Å². The molecule has 0 saturated carbocycles. The molecule has 2 aromatic rings. The van der Waals surface area contributed by atoms with Gasteiger partial charge in [-0.2, -0.15) is 4.72 Å². The molecule has 2 rings (SSSR count). The van der Waals surface area contributed by atoms with E-state index < -0.39 is 21.5 Å². The summed E-state index contributed by atoms with van der Waals surface area (Å²) < 4.78 is 37.3. The SMILES string of the molecule is COc1cc(CCC(NS(C)(=O)=O)(C(N)=O)C(C)C)ccc1OCC#Cc1ccc(Cl)cc1. The van der Waals surface area contributed by atoms with E-state index in [9.17, 15) is 13.2 Å². The monoisotopic (exact) mass is 492 g/mol. The third-order valence-electron chi connectivity index (χ3n) is 5.21. The van der Waals surface area contributed by atoms with Gasteiger partial charge in [-0.1, -0.05) is 43.4 Å². The molecule has 0 spiro atoms. The Balaban J connectivity index is 2.11. The molecule has 0 bridgehead atoms. The topological polar surface area (TPSA) is 108 Å². The van der Waals surface area contributed by atoms with Crippen molar-refractivity contribution in [2.45, 2.75) is 32.2 Å². The first kappa shape index (κ1) is 26.5. The average Bonchev–Trinajstić information content (AvgIpc) is 2.74. The van der Waals surface area contributed by atoms with Crippen LogP contribution in [0.4, 0.5) is 0 Å². The van der Waals surface area contributed by atoms with Crippen LogP contribution in [0.3, 0.4) is 0 Å². The number of hydrogen-bond donors (Lipinski definition) is 2. The van der Waals surface area contributed by atoms with Crippen LogP contribution in [0.1, 0.15) is 31.4 Å². The van der Waals surface area contributed by atoms with Crippen LogP contribution >= 0.6 is 11.6 Å². The van der Waals surface area contributed by atoms with Crippen molar-refractivity contribution in [3.63, 3.8) is 0 Å². The third kappa shape index (κ3) is 7.67. The second kappa shape index (κ2) is 11.4. The number of rotatable bonds is 10. The molecule has 0 aliphatic carbocycles. The summed E-state index contributed by atoms with van der Waals surface area (Å²) in [7, 11) is -2.12. The molecule has 1 unspecified atom stereocenters. The molecule has 0 aliphatic rings. The van der Waals surface area contributed by atoms with Crippen molar-refractivity contribution in [3.05, 3.63) is 58.6 Å². The lowest BCUT2D eigenvalue weighted by Crippen LogP contribution is -2.60. The van der Waals surface area contributed by atoms with Crippen molar-refractivity contribution in [2.24, 2.45) is 11.7 Å². The molecule has 178 valence electrons. The van der Waals surface area contributed by atoms with Crippen LogP contribution in [0.25, 0.3) is 0 Å². The quantitative estimate of drug-likeness (QED) is 0.495. The molecule has 0 saturated heterocycles. The summed E-state index contributed by atoms with van der Waals surface area (Å²) in [5, 5.41) is 0.648. The highest BCUT2D eigenvalue weighted by Crippen LogP contribution is 2.30. The zero-order valence-corrected chi connectivity index (χ0v) is 20.7. The van der Waals surface area contributed by atoms with Crippen LogP contribution in [-0.4, -0.2) is 39.8 Å². The first-order chi connectivity index (χ1) is 15.5. The number of halogens is 1. The number of methoxy groups -OCH3 is 1. The number of ether oxygens (including phenoxy) is 2. The first-order valence-electron chi connectivity index (χ1n) is 10.3. The molecule has 33 heavy (non-hydrogen) atoms. The van der Waals surface area contributed by atoms with Crippen molar-refractivity contribution >= 4 is 27.5 Å².